The first-order valence-corrected chi connectivity index (χ1v) is 8.08. The number of aromatic nitrogens is 2. The Bertz CT molecular complexity index is 1020. The minimum absolute atomic E-state index is 0.0449. The summed E-state index contributed by atoms with van der Waals surface area (Å²) in [7, 11) is 1.56. The number of hydrogen-bond donors (Lipinski definition) is 0. The number of amides is 1. The summed E-state index contributed by atoms with van der Waals surface area (Å²) in [6, 6.07) is 10.3. The fourth-order valence-corrected chi connectivity index (χ4v) is 2.73. The van der Waals surface area contributed by atoms with Crippen molar-refractivity contribution < 1.29 is 13.6 Å². The number of rotatable bonds is 5. The second kappa shape index (κ2) is 7.43. The Morgan fingerprint density at radius 1 is 1.19 bits per heavy atom. The molecule has 0 saturated carbocycles. The van der Waals surface area contributed by atoms with Crippen molar-refractivity contribution in [2.45, 2.75) is 19.5 Å². The lowest BCUT2D eigenvalue weighted by Crippen LogP contribution is -2.28. The summed E-state index contributed by atoms with van der Waals surface area (Å²) in [5.74, 6) is -1.55. The molecule has 1 aromatic heterocycles. The molecule has 0 spiro atoms. The number of carbonyl (C=O) groups is 1. The van der Waals surface area contributed by atoms with Crippen molar-refractivity contribution >= 4 is 16.8 Å². The van der Waals surface area contributed by atoms with Gasteiger partial charge < -0.3 is 4.90 Å². The minimum atomic E-state index is -0.683. The topological polar surface area (TPSA) is 55.2 Å². The Kier molecular flexibility index (Phi) is 5.06. The first-order chi connectivity index (χ1) is 12.5. The quantitative estimate of drug-likeness (QED) is 0.706. The van der Waals surface area contributed by atoms with E-state index in [-0.39, 0.29) is 36.4 Å². The van der Waals surface area contributed by atoms with Gasteiger partial charge in [-0.15, -0.1) is 0 Å². The third-order valence-corrected chi connectivity index (χ3v) is 4.15. The van der Waals surface area contributed by atoms with Crippen molar-refractivity contribution in [3.8, 4) is 0 Å². The van der Waals surface area contributed by atoms with E-state index >= 15 is 0 Å². The summed E-state index contributed by atoms with van der Waals surface area (Å²) in [5, 5.41) is 4.62. The van der Waals surface area contributed by atoms with Crippen molar-refractivity contribution in [3.05, 3.63) is 76.1 Å². The Morgan fingerprint density at radius 3 is 2.73 bits per heavy atom. The van der Waals surface area contributed by atoms with Gasteiger partial charge in [-0.05, 0) is 18.2 Å². The summed E-state index contributed by atoms with van der Waals surface area (Å²) in [6.07, 6.45) is 1.36. The molecule has 0 aliphatic heterocycles. The van der Waals surface area contributed by atoms with Gasteiger partial charge in [-0.3, -0.25) is 14.3 Å². The normalized spacial score (nSPS) is 10.9. The van der Waals surface area contributed by atoms with Crippen LogP contribution in [-0.2, 0) is 17.9 Å². The molecule has 0 fully saturated rings. The predicted octanol–water partition coefficient (Wildman–Crippen LogP) is 2.72. The Morgan fingerprint density at radius 2 is 1.96 bits per heavy atom. The maximum absolute atomic E-state index is 13.7. The molecule has 7 heteroatoms. The van der Waals surface area contributed by atoms with Crippen LogP contribution in [-0.4, -0.2) is 27.6 Å². The first-order valence-electron chi connectivity index (χ1n) is 8.08. The van der Waals surface area contributed by atoms with Crippen molar-refractivity contribution in [1.29, 1.82) is 0 Å². The zero-order valence-electron chi connectivity index (χ0n) is 14.2. The standard InChI is InChI=1S/C19H17F2N3O2/c1-23(12-13-6-7-14(20)10-16(13)21)19(26)8-9-24-17-5-3-2-4-15(17)18(25)11-22-24/h2-7,10-11H,8-9,12H2,1H3. The van der Waals surface area contributed by atoms with Crippen LogP contribution in [0.3, 0.4) is 0 Å². The average molecular weight is 357 g/mol. The van der Waals surface area contributed by atoms with Gasteiger partial charge in [0.2, 0.25) is 11.3 Å². The third kappa shape index (κ3) is 3.77. The van der Waals surface area contributed by atoms with E-state index in [2.05, 4.69) is 5.10 Å². The van der Waals surface area contributed by atoms with Crippen LogP contribution in [0, 0.1) is 11.6 Å². The summed E-state index contributed by atoms with van der Waals surface area (Å²) < 4.78 is 28.3. The number of fused-ring (bicyclic) bond motifs is 1. The lowest BCUT2D eigenvalue weighted by molar-refractivity contribution is -0.130. The van der Waals surface area contributed by atoms with Gasteiger partial charge in [0.15, 0.2) is 0 Å². The van der Waals surface area contributed by atoms with Gasteiger partial charge in [-0.1, -0.05) is 18.2 Å². The predicted molar refractivity (Wildman–Crippen MR) is 93.5 cm³/mol. The Labute approximate surface area is 148 Å². The van der Waals surface area contributed by atoms with Crippen LogP contribution in [0.5, 0.6) is 0 Å². The Hall–Kier alpha value is -3.09. The van der Waals surface area contributed by atoms with Crippen LogP contribution in [0.1, 0.15) is 12.0 Å². The molecule has 0 N–H and O–H groups in total. The first kappa shape index (κ1) is 17.7. The molecule has 1 heterocycles. The summed E-state index contributed by atoms with van der Waals surface area (Å²) in [5.41, 5.74) is 0.723. The third-order valence-electron chi connectivity index (χ3n) is 4.15. The molecule has 3 rings (SSSR count). The lowest BCUT2D eigenvalue weighted by Gasteiger charge is -2.18. The number of hydrogen-bond acceptors (Lipinski definition) is 3. The average Bonchev–Trinajstić information content (AvgIpc) is 2.63. The molecule has 0 unspecified atom stereocenters. The van der Waals surface area contributed by atoms with Gasteiger partial charge in [-0.25, -0.2) is 8.78 Å². The molecule has 5 nitrogen and oxygen atoms in total. The number of aryl methyl sites for hydroxylation is 1. The second-order valence-corrected chi connectivity index (χ2v) is 5.98. The number of carbonyl (C=O) groups excluding carboxylic acids is 1. The van der Waals surface area contributed by atoms with Crippen molar-refractivity contribution in [2.24, 2.45) is 0 Å². The van der Waals surface area contributed by atoms with Gasteiger partial charge >= 0.3 is 0 Å². The molecule has 3 aromatic rings. The number of para-hydroxylation sites is 1. The van der Waals surface area contributed by atoms with E-state index in [1.807, 2.05) is 0 Å². The Balaban J connectivity index is 1.69. The number of nitrogens with zero attached hydrogens (tertiary/aromatic N) is 3. The van der Waals surface area contributed by atoms with Crippen LogP contribution >= 0.6 is 0 Å². The molecule has 0 atom stereocenters. The highest BCUT2D eigenvalue weighted by Crippen LogP contribution is 2.13. The van der Waals surface area contributed by atoms with Crippen LogP contribution in [0.2, 0.25) is 0 Å². The zero-order chi connectivity index (χ0) is 18.7. The SMILES string of the molecule is CN(Cc1ccc(F)cc1F)C(=O)CCn1ncc(=O)c2ccccc21. The summed E-state index contributed by atoms with van der Waals surface area (Å²) in [4.78, 5) is 25.5. The van der Waals surface area contributed by atoms with Crippen LogP contribution in [0.15, 0.2) is 53.5 Å². The molecule has 0 aliphatic rings. The fraction of sp³-hybridized carbons (Fsp3) is 0.211. The number of halogens is 2. The summed E-state index contributed by atoms with van der Waals surface area (Å²) >= 11 is 0. The van der Waals surface area contributed by atoms with Crippen LogP contribution in [0.4, 0.5) is 8.78 Å². The fourth-order valence-electron chi connectivity index (χ4n) is 2.73. The molecule has 134 valence electrons. The molecule has 0 aliphatic carbocycles. The second-order valence-electron chi connectivity index (χ2n) is 5.98. The van der Waals surface area contributed by atoms with Gasteiger partial charge in [0.05, 0.1) is 18.3 Å². The molecule has 1 amide bonds. The van der Waals surface area contributed by atoms with E-state index in [1.54, 1.807) is 36.0 Å². The maximum Gasteiger partial charge on any atom is 0.224 e. The van der Waals surface area contributed by atoms with Crippen LogP contribution < -0.4 is 5.43 Å². The monoisotopic (exact) mass is 357 g/mol. The van der Waals surface area contributed by atoms with Gasteiger partial charge in [0.25, 0.3) is 0 Å². The molecule has 2 aromatic carbocycles. The van der Waals surface area contributed by atoms with Crippen molar-refractivity contribution in [1.82, 2.24) is 14.7 Å². The van der Waals surface area contributed by atoms with Gasteiger partial charge in [0.1, 0.15) is 11.6 Å². The van der Waals surface area contributed by atoms with E-state index in [0.717, 1.165) is 12.1 Å². The molecule has 26 heavy (non-hydrogen) atoms. The van der Waals surface area contributed by atoms with Crippen molar-refractivity contribution in [3.63, 3.8) is 0 Å². The van der Waals surface area contributed by atoms with Crippen molar-refractivity contribution in [2.75, 3.05) is 7.05 Å². The van der Waals surface area contributed by atoms with Crippen LogP contribution in [0.25, 0.3) is 10.9 Å². The van der Waals surface area contributed by atoms with E-state index in [9.17, 15) is 18.4 Å². The minimum Gasteiger partial charge on any atom is -0.341 e. The molecular weight excluding hydrogens is 340 g/mol. The molecule has 0 radical (unpaired) electrons. The highest BCUT2D eigenvalue weighted by Gasteiger charge is 2.13. The highest BCUT2D eigenvalue weighted by atomic mass is 19.1. The van der Waals surface area contributed by atoms with Gasteiger partial charge in [0, 0.05) is 37.0 Å². The lowest BCUT2D eigenvalue weighted by atomic mass is 10.2. The van der Waals surface area contributed by atoms with E-state index < -0.39 is 11.6 Å². The van der Waals surface area contributed by atoms with Gasteiger partial charge in [-0.2, -0.15) is 5.10 Å². The smallest absolute Gasteiger partial charge is 0.224 e. The number of benzene rings is 2. The maximum atomic E-state index is 13.7. The largest absolute Gasteiger partial charge is 0.341 e. The molecule has 0 bridgehead atoms. The highest BCUT2D eigenvalue weighted by molar-refractivity contribution is 5.79. The molecular formula is C19H17F2N3O2. The molecule has 0 saturated heterocycles. The zero-order valence-corrected chi connectivity index (χ0v) is 14.2. The van der Waals surface area contributed by atoms with E-state index in [4.69, 9.17) is 0 Å². The van der Waals surface area contributed by atoms with E-state index in [1.165, 1.54) is 17.2 Å². The summed E-state index contributed by atoms with van der Waals surface area (Å²) in [6.45, 7) is 0.332. The van der Waals surface area contributed by atoms with E-state index in [0.29, 0.717) is 10.9 Å².